The third kappa shape index (κ3) is 1.80. The number of hydrogen-bond donors (Lipinski definition) is 1. The van der Waals surface area contributed by atoms with Gasteiger partial charge < -0.3 is 4.74 Å². The lowest BCUT2D eigenvalue weighted by atomic mass is 10.1. The molecule has 1 N–H and O–H groups in total. The van der Waals surface area contributed by atoms with Gasteiger partial charge in [-0.3, -0.25) is 5.32 Å². The maximum atomic E-state index is 12.1. The molecular weight excluding hydrogens is 303 g/mol. The predicted octanol–water partition coefficient (Wildman–Crippen LogP) is 1.76. The molecule has 0 unspecified atom stereocenters. The molecule has 1 aromatic heterocycles. The average molecular weight is 313 g/mol. The molecule has 6 nitrogen and oxygen atoms in total. The van der Waals surface area contributed by atoms with Gasteiger partial charge in [-0.25, -0.2) is 14.5 Å². The van der Waals surface area contributed by atoms with E-state index in [1.165, 1.54) is 24.4 Å². The minimum Gasteiger partial charge on any atom is -0.466 e. The number of aromatic nitrogens is 3. The van der Waals surface area contributed by atoms with Gasteiger partial charge in [0.1, 0.15) is 12.7 Å². The lowest BCUT2D eigenvalue weighted by molar-refractivity contribution is -0.147. The molecule has 1 aliphatic heterocycles. The monoisotopic (exact) mass is 312 g/mol. The summed E-state index contributed by atoms with van der Waals surface area (Å²) in [4.78, 5) is 16.0. The summed E-state index contributed by atoms with van der Waals surface area (Å²) in [6.07, 6.45) is 2.78. The fraction of sp³-hybridized carbons (Fsp3) is 0.250. The number of ether oxygens (including phenoxy) is 1. The number of hydrogen-bond acceptors (Lipinski definition) is 5. The highest BCUT2D eigenvalue weighted by molar-refractivity contribution is 6.36. The van der Waals surface area contributed by atoms with Crippen LogP contribution in [-0.4, -0.2) is 27.8 Å². The van der Waals surface area contributed by atoms with Crippen molar-refractivity contribution in [1.82, 2.24) is 20.1 Å². The van der Waals surface area contributed by atoms with Crippen LogP contribution in [0.4, 0.5) is 0 Å². The summed E-state index contributed by atoms with van der Waals surface area (Å²) in [7, 11) is 1.31. The van der Waals surface area contributed by atoms with Crippen molar-refractivity contribution in [3.63, 3.8) is 0 Å². The van der Waals surface area contributed by atoms with Crippen molar-refractivity contribution in [1.29, 1.82) is 0 Å². The number of benzene rings is 1. The summed E-state index contributed by atoms with van der Waals surface area (Å²) in [5, 5.41) is 8.01. The van der Waals surface area contributed by atoms with Crippen LogP contribution in [-0.2, 0) is 15.2 Å². The van der Waals surface area contributed by atoms with E-state index >= 15 is 0 Å². The van der Waals surface area contributed by atoms with E-state index in [9.17, 15) is 4.79 Å². The lowest BCUT2D eigenvalue weighted by Gasteiger charge is -2.13. The van der Waals surface area contributed by atoms with E-state index < -0.39 is 17.7 Å². The fourth-order valence-electron chi connectivity index (χ4n) is 2.26. The van der Waals surface area contributed by atoms with Gasteiger partial charge in [-0.1, -0.05) is 29.3 Å². The summed E-state index contributed by atoms with van der Waals surface area (Å²) in [6, 6.07) is 4.75. The van der Waals surface area contributed by atoms with Crippen LogP contribution in [0.2, 0.25) is 10.0 Å². The van der Waals surface area contributed by atoms with Crippen molar-refractivity contribution in [3.05, 3.63) is 46.5 Å². The fourth-order valence-corrected chi connectivity index (χ4v) is 2.88. The Kier molecular flexibility index (Phi) is 3.16. The average Bonchev–Trinajstić information content (AvgIpc) is 2.93. The number of nitrogens with one attached hydrogen (secondary N) is 1. The molecule has 8 heteroatoms. The summed E-state index contributed by atoms with van der Waals surface area (Å²) in [5.74, 6) is -0.482. The molecule has 0 amide bonds. The molecule has 104 valence electrons. The van der Waals surface area contributed by atoms with E-state index in [-0.39, 0.29) is 0 Å². The number of carbonyl (C=O) groups is 1. The molecule has 0 saturated carbocycles. The van der Waals surface area contributed by atoms with E-state index in [0.717, 1.165) is 0 Å². The molecule has 20 heavy (non-hydrogen) atoms. The van der Waals surface area contributed by atoms with E-state index in [1.807, 2.05) is 0 Å². The normalized spacial score (nSPS) is 24.4. The third-order valence-electron chi connectivity index (χ3n) is 3.26. The summed E-state index contributed by atoms with van der Waals surface area (Å²) >= 11 is 12.4. The molecule has 1 aromatic carbocycles. The lowest BCUT2D eigenvalue weighted by Crippen LogP contribution is -2.34. The van der Waals surface area contributed by atoms with Crippen LogP contribution >= 0.6 is 23.2 Å². The topological polar surface area (TPSA) is 79.0 Å². The molecule has 0 radical (unpaired) electrons. The maximum absolute atomic E-state index is 12.1. The Bertz CT molecular complexity index is 641. The molecule has 2 atom stereocenters. The van der Waals surface area contributed by atoms with Crippen LogP contribution in [0, 0.1) is 0 Å². The SMILES string of the molecule is COC(=O)[C@]1(n2cncn2)N[C@@H]1c1c(Cl)cccc1Cl. The largest absolute Gasteiger partial charge is 0.466 e. The molecule has 3 rings (SSSR count). The minimum absolute atomic E-state index is 0.419. The van der Waals surface area contributed by atoms with Crippen molar-refractivity contribution >= 4 is 29.2 Å². The second kappa shape index (κ2) is 4.73. The van der Waals surface area contributed by atoms with Crippen LogP contribution in [0.5, 0.6) is 0 Å². The number of esters is 1. The van der Waals surface area contributed by atoms with Crippen molar-refractivity contribution in [2.24, 2.45) is 0 Å². The summed E-state index contributed by atoms with van der Waals surface area (Å²) in [6.45, 7) is 0. The highest BCUT2D eigenvalue weighted by Gasteiger charge is 2.65. The van der Waals surface area contributed by atoms with Gasteiger partial charge in [-0.05, 0) is 12.1 Å². The molecule has 0 spiro atoms. The van der Waals surface area contributed by atoms with E-state index in [2.05, 4.69) is 15.4 Å². The van der Waals surface area contributed by atoms with Gasteiger partial charge in [-0.2, -0.15) is 5.10 Å². The molecule has 1 saturated heterocycles. The smallest absolute Gasteiger partial charge is 0.351 e. The highest BCUT2D eigenvalue weighted by Crippen LogP contribution is 2.49. The first-order chi connectivity index (χ1) is 9.61. The molecule has 1 fully saturated rings. The maximum Gasteiger partial charge on any atom is 0.351 e. The van der Waals surface area contributed by atoms with Crippen LogP contribution in [0.3, 0.4) is 0 Å². The second-order valence-electron chi connectivity index (χ2n) is 4.31. The van der Waals surface area contributed by atoms with Crippen LogP contribution in [0.15, 0.2) is 30.9 Å². The van der Waals surface area contributed by atoms with E-state index in [4.69, 9.17) is 27.9 Å². The minimum atomic E-state index is -1.15. The Hall–Kier alpha value is -1.63. The van der Waals surface area contributed by atoms with Crippen molar-refractivity contribution in [2.45, 2.75) is 11.7 Å². The zero-order chi connectivity index (χ0) is 14.3. The van der Waals surface area contributed by atoms with Crippen molar-refractivity contribution in [2.75, 3.05) is 7.11 Å². The van der Waals surface area contributed by atoms with Crippen molar-refractivity contribution < 1.29 is 9.53 Å². The summed E-state index contributed by atoms with van der Waals surface area (Å²) in [5.41, 5.74) is -0.517. The molecule has 2 heterocycles. The van der Waals surface area contributed by atoms with Gasteiger partial charge in [0.05, 0.1) is 13.2 Å². The molecule has 2 aromatic rings. The molecule has 0 aliphatic carbocycles. The number of nitrogens with zero attached hydrogens (tertiary/aromatic N) is 3. The number of carbonyl (C=O) groups excluding carboxylic acids is 1. The first kappa shape index (κ1) is 13.4. The second-order valence-corrected chi connectivity index (χ2v) is 5.13. The molecular formula is C12H10Cl2N4O2. The first-order valence-corrected chi connectivity index (χ1v) is 6.52. The van der Waals surface area contributed by atoms with Gasteiger partial charge in [0, 0.05) is 15.6 Å². The summed E-state index contributed by atoms with van der Waals surface area (Å²) < 4.78 is 6.26. The van der Waals surface area contributed by atoms with Crippen molar-refractivity contribution in [3.8, 4) is 0 Å². The Morgan fingerprint density at radius 2 is 2.15 bits per heavy atom. The zero-order valence-corrected chi connectivity index (χ0v) is 11.9. The number of methoxy groups -OCH3 is 1. The van der Waals surface area contributed by atoms with Gasteiger partial charge in [0.2, 0.25) is 5.66 Å². The molecule has 0 bridgehead atoms. The predicted molar refractivity (Wildman–Crippen MR) is 72.4 cm³/mol. The zero-order valence-electron chi connectivity index (χ0n) is 10.4. The van der Waals surface area contributed by atoms with E-state index in [0.29, 0.717) is 15.6 Å². The van der Waals surface area contributed by atoms with Crippen LogP contribution in [0.25, 0.3) is 0 Å². The Morgan fingerprint density at radius 3 is 2.70 bits per heavy atom. The van der Waals surface area contributed by atoms with Crippen LogP contribution < -0.4 is 5.32 Å². The number of rotatable bonds is 3. The Balaban J connectivity index is 2.08. The van der Waals surface area contributed by atoms with Gasteiger partial charge in [0.15, 0.2) is 0 Å². The number of halogens is 2. The third-order valence-corrected chi connectivity index (χ3v) is 3.92. The Morgan fingerprint density at radius 1 is 1.45 bits per heavy atom. The van der Waals surface area contributed by atoms with Crippen LogP contribution in [0.1, 0.15) is 11.6 Å². The Labute approximate surface area is 124 Å². The van der Waals surface area contributed by atoms with Gasteiger partial charge in [0.25, 0.3) is 0 Å². The quantitative estimate of drug-likeness (QED) is 0.690. The van der Waals surface area contributed by atoms with Gasteiger partial charge >= 0.3 is 5.97 Å². The standard InChI is InChI=1S/C12H10Cl2N4O2/c1-20-11(19)12(18-6-15-5-16-18)10(17-12)9-7(13)3-2-4-8(9)14/h2-6,10,17H,1H3/t10-,12+/m1/s1. The highest BCUT2D eigenvalue weighted by atomic mass is 35.5. The van der Waals surface area contributed by atoms with E-state index in [1.54, 1.807) is 18.2 Å². The molecule has 1 aliphatic rings. The van der Waals surface area contributed by atoms with Gasteiger partial charge in [-0.15, -0.1) is 0 Å². The first-order valence-electron chi connectivity index (χ1n) is 5.76.